The van der Waals surface area contributed by atoms with E-state index in [1.54, 1.807) is 0 Å². The average Bonchev–Trinajstić information content (AvgIpc) is 3.38. The summed E-state index contributed by atoms with van der Waals surface area (Å²) < 4.78 is 29.2. The van der Waals surface area contributed by atoms with Crippen LogP contribution in [0, 0.1) is 16.7 Å². The number of hydrogen-bond donors (Lipinski definition) is 0. The van der Waals surface area contributed by atoms with Gasteiger partial charge in [-0.25, -0.2) is 0 Å². The minimum Gasteiger partial charge on any atom is -0.465 e. The third kappa shape index (κ3) is 2.78. The van der Waals surface area contributed by atoms with Crippen molar-refractivity contribution < 1.29 is 42.9 Å². The van der Waals surface area contributed by atoms with E-state index in [1.165, 1.54) is 20.8 Å². The standard InChI is InChI=1S/C22H30O9/c1-12-8-17(30-15(4)25)20(10-27-13(2)23)21(11-28-21)16(29-14(3)24)6-7-22(20)19(12,5)9-18(26)31-22/h12,16-17H,6-11H2,1-5H3. The summed E-state index contributed by atoms with van der Waals surface area (Å²) >= 11 is 0. The Labute approximate surface area is 181 Å². The van der Waals surface area contributed by atoms with Crippen molar-refractivity contribution in [3.63, 3.8) is 0 Å². The predicted octanol–water partition coefficient (Wildman–Crippen LogP) is 1.69. The van der Waals surface area contributed by atoms with Gasteiger partial charge in [0.25, 0.3) is 0 Å². The zero-order chi connectivity index (χ0) is 22.8. The van der Waals surface area contributed by atoms with Gasteiger partial charge in [0.2, 0.25) is 0 Å². The highest BCUT2D eigenvalue weighted by atomic mass is 16.7. The molecule has 31 heavy (non-hydrogen) atoms. The molecule has 2 spiro atoms. The SMILES string of the molecule is CC(=O)OCC12C(OC(C)=O)CC(C)C3(C)CC(=O)OC31CCC(OC(C)=O)C21CO1. The molecule has 2 heterocycles. The Balaban J connectivity index is 1.95. The van der Waals surface area contributed by atoms with Gasteiger partial charge in [-0.05, 0) is 25.2 Å². The van der Waals surface area contributed by atoms with Crippen LogP contribution in [0.3, 0.4) is 0 Å². The zero-order valence-corrected chi connectivity index (χ0v) is 18.6. The van der Waals surface area contributed by atoms with Crippen molar-refractivity contribution in [2.24, 2.45) is 16.7 Å². The average molecular weight is 438 g/mol. The fraction of sp³-hybridized carbons (Fsp3) is 0.818. The van der Waals surface area contributed by atoms with Crippen LogP contribution in [-0.4, -0.2) is 60.5 Å². The molecule has 4 aliphatic rings. The monoisotopic (exact) mass is 438 g/mol. The summed E-state index contributed by atoms with van der Waals surface area (Å²) in [6, 6.07) is 0. The summed E-state index contributed by atoms with van der Waals surface area (Å²) in [5, 5.41) is 0. The van der Waals surface area contributed by atoms with Crippen molar-refractivity contribution >= 4 is 23.9 Å². The third-order valence-corrected chi connectivity index (χ3v) is 8.26. The fourth-order valence-electron chi connectivity index (χ4n) is 6.81. The molecule has 0 radical (unpaired) electrons. The molecule has 0 bridgehead atoms. The second-order valence-electron chi connectivity index (χ2n) is 9.70. The first-order valence-electron chi connectivity index (χ1n) is 10.8. The van der Waals surface area contributed by atoms with Crippen molar-refractivity contribution in [2.45, 2.75) is 83.7 Å². The first-order valence-corrected chi connectivity index (χ1v) is 10.8. The molecule has 7 atom stereocenters. The molecule has 2 aliphatic carbocycles. The summed E-state index contributed by atoms with van der Waals surface area (Å²) in [7, 11) is 0. The minimum absolute atomic E-state index is 0.0187. The normalized spacial score (nSPS) is 45.2. The molecular formula is C22H30O9. The van der Waals surface area contributed by atoms with Crippen LogP contribution in [0.1, 0.15) is 60.3 Å². The number of rotatable bonds is 4. The van der Waals surface area contributed by atoms with Crippen LogP contribution in [0.2, 0.25) is 0 Å². The van der Waals surface area contributed by atoms with E-state index in [0.29, 0.717) is 19.3 Å². The summed E-state index contributed by atoms with van der Waals surface area (Å²) in [4.78, 5) is 48.7. The van der Waals surface area contributed by atoms with Crippen LogP contribution < -0.4 is 0 Å². The van der Waals surface area contributed by atoms with Gasteiger partial charge >= 0.3 is 23.9 Å². The summed E-state index contributed by atoms with van der Waals surface area (Å²) in [5.74, 6) is -1.83. The molecule has 2 saturated carbocycles. The lowest BCUT2D eigenvalue weighted by Gasteiger charge is -2.66. The number of carbonyl (C=O) groups excluding carboxylic acids is 4. The summed E-state index contributed by atoms with van der Waals surface area (Å²) in [5.41, 5.74) is -3.99. The molecule has 4 rings (SSSR count). The molecule has 0 aromatic heterocycles. The highest BCUT2D eigenvalue weighted by Gasteiger charge is 2.87. The Morgan fingerprint density at radius 3 is 2.23 bits per heavy atom. The van der Waals surface area contributed by atoms with Gasteiger partial charge in [0.1, 0.15) is 35.4 Å². The van der Waals surface area contributed by atoms with E-state index < -0.39 is 52.1 Å². The van der Waals surface area contributed by atoms with Gasteiger partial charge < -0.3 is 23.7 Å². The van der Waals surface area contributed by atoms with Gasteiger partial charge in [0.15, 0.2) is 0 Å². The highest BCUT2D eigenvalue weighted by Crippen LogP contribution is 2.74. The summed E-state index contributed by atoms with van der Waals surface area (Å²) in [6.45, 7) is 8.01. The van der Waals surface area contributed by atoms with Crippen molar-refractivity contribution in [1.29, 1.82) is 0 Å². The maximum absolute atomic E-state index is 12.7. The number of hydrogen-bond acceptors (Lipinski definition) is 9. The molecule has 9 nitrogen and oxygen atoms in total. The van der Waals surface area contributed by atoms with E-state index in [9.17, 15) is 19.2 Å². The lowest BCUT2D eigenvalue weighted by atomic mass is 9.40. The molecule has 4 fully saturated rings. The fourth-order valence-corrected chi connectivity index (χ4v) is 6.81. The highest BCUT2D eigenvalue weighted by molar-refractivity contribution is 5.75. The Kier molecular flexibility index (Phi) is 4.92. The van der Waals surface area contributed by atoms with E-state index in [2.05, 4.69) is 0 Å². The maximum Gasteiger partial charge on any atom is 0.307 e. The molecular weight excluding hydrogens is 408 g/mol. The van der Waals surface area contributed by atoms with Crippen molar-refractivity contribution in [3.8, 4) is 0 Å². The molecule has 2 saturated heterocycles. The van der Waals surface area contributed by atoms with Crippen LogP contribution in [-0.2, 0) is 42.9 Å². The zero-order valence-electron chi connectivity index (χ0n) is 18.6. The van der Waals surface area contributed by atoms with E-state index in [4.69, 9.17) is 23.7 Å². The van der Waals surface area contributed by atoms with Gasteiger partial charge in [-0.1, -0.05) is 13.8 Å². The maximum atomic E-state index is 12.7. The van der Waals surface area contributed by atoms with Crippen LogP contribution in [0.5, 0.6) is 0 Å². The van der Waals surface area contributed by atoms with Gasteiger partial charge in [0.05, 0.1) is 13.0 Å². The van der Waals surface area contributed by atoms with Gasteiger partial charge in [0, 0.05) is 26.2 Å². The lowest BCUT2D eigenvalue weighted by Crippen LogP contribution is -2.78. The van der Waals surface area contributed by atoms with E-state index >= 15 is 0 Å². The second kappa shape index (κ2) is 6.92. The first kappa shape index (κ1) is 22.0. The molecule has 0 aromatic rings. The van der Waals surface area contributed by atoms with Crippen LogP contribution >= 0.6 is 0 Å². The van der Waals surface area contributed by atoms with Gasteiger partial charge in [-0.3, -0.25) is 19.2 Å². The van der Waals surface area contributed by atoms with Gasteiger partial charge in [-0.2, -0.15) is 0 Å². The molecule has 2 aliphatic heterocycles. The van der Waals surface area contributed by atoms with Crippen LogP contribution in [0.4, 0.5) is 0 Å². The number of ether oxygens (including phenoxy) is 5. The second-order valence-corrected chi connectivity index (χ2v) is 9.70. The van der Waals surface area contributed by atoms with Crippen molar-refractivity contribution in [1.82, 2.24) is 0 Å². The Hall–Kier alpha value is -2.16. The number of esters is 4. The molecule has 9 heteroatoms. The molecule has 0 amide bonds. The molecule has 172 valence electrons. The van der Waals surface area contributed by atoms with Gasteiger partial charge in [-0.15, -0.1) is 0 Å². The number of fused-ring (bicyclic) bond motifs is 1. The summed E-state index contributed by atoms with van der Waals surface area (Å²) in [6.07, 6.45) is 0.0521. The Morgan fingerprint density at radius 1 is 1.06 bits per heavy atom. The largest absolute Gasteiger partial charge is 0.465 e. The van der Waals surface area contributed by atoms with Crippen molar-refractivity contribution in [2.75, 3.05) is 13.2 Å². The van der Waals surface area contributed by atoms with Crippen LogP contribution in [0.25, 0.3) is 0 Å². The molecule has 7 unspecified atom stereocenters. The molecule has 0 N–H and O–H groups in total. The van der Waals surface area contributed by atoms with Crippen molar-refractivity contribution in [3.05, 3.63) is 0 Å². The predicted molar refractivity (Wildman–Crippen MR) is 103 cm³/mol. The number of epoxide rings is 1. The van der Waals surface area contributed by atoms with Crippen LogP contribution in [0.15, 0.2) is 0 Å². The van der Waals surface area contributed by atoms with E-state index in [0.717, 1.165) is 0 Å². The number of carbonyl (C=O) groups is 4. The first-order chi connectivity index (χ1) is 14.4. The smallest absolute Gasteiger partial charge is 0.307 e. The lowest BCUT2D eigenvalue weighted by molar-refractivity contribution is -0.304. The van der Waals surface area contributed by atoms with E-state index in [1.807, 2.05) is 13.8 Å². The minimum atomic E-state index is -1.21. The topological polar surface area (TPSA) is 118 Å². The Bertz CT molecular complexity index is 833. The third-order valence-electron chi connectivity index (χ3n) is 8.26. The van der Waals surface area contributed by atoms with E-state index in [-0.39, 0.29) is 31.5 Å². The quantitative estimate of drug-likeness (QED) is 0.367. The Morgan fingerprint density at radius 2 is 1.68 bits per heavy atom. The molecule has 0 aromatic carbocycles.